The van der Waals surface area contributed by atoms with Crippen molar-refractivity contribution in [1.82, 2.24) is 10.6 Å². The van der Waals surface area contributed by atoms with E-state index in [1.54, 1.807) is 13.8 Å². The third-order valence-electron chi connectivity index (χ3n) is 5.21. The van der Waals surface area contributed by atoms with Crippen LogP contribution in [0.5, 0.6) is 0 Å². The standard InChI is InChI=1S/C24H38N2O8/c1-17(2)21(27)31-10-5-6-11-33-23(29)25-15-19-8-7-9-20(14-19)16-26-24(30)34-13-12-32-22(28)18(3)4/h19-20H,1,3,5-16H2,2,4H3,(H,25,29)(H,26,30). The molecule has 0 radical (unpaired) electrons. The Bertz CT molecular complexity index is 722. The molecule has 1 fully saturated rings. The van der Waals surface area contributed by atoms with Crippen LogP contribution in [-0.2, 0) is 28.5 Å². The van der Waals surface area contributed by atoms with Crippen molar-refractivity contribution in [3.8, 4) is 0 Å². The second-order valence-corrected chi connectivity index (χ2v) is 8.47. The zero-order chi connectivity index (χ0) is 25.3. The van der Waals surface area contributed by atoms with Crippen molar-refractivity contribution < 1.29 is 38.1 Å². The number of amides is 2. The molecular weight excluding hydrogens is 444 g/mol. The fourth-order valence-electron chi connectivity index (χ4n) is 3.38. The van der Waals surface area contributed by atoms with Crippen LogP contribution < -0.4 is 10.6 Å². The number of rotatable bonds is 14. The quantitative estimate of drug-likeness (QED) is 0.167. The lowest BCUT2D eigenvalue weighted by Crippen LogP contribution is -2.36. The number of esters is 2. The maximum absolute atomic E-state index is 11.9. The summed E-state index contributed by atoms with van der Waals surface area (Å²) in [7, 11) is 0. The van der Waals surface area contributed by atoms with Crippen LogP contribution in [0.4, 0.5) is 9.59 Å². The summed E-state index contributed by atoms with van der Waals surface area (Å²) in [6.07, 6.45) is 4.08. The molecule has 0 aromatic rings. The summed E-state index contributed by atoms with van der Waals surface area (Å²) < 4.78 is 20.0. The third-order valence-corrected chi connectivity index (χ3v) is 5.21. The van der Waals surface area contributed by atoms with Gasteiger partial charge < -0.3 is 29.6 Å². The molecule has 2 amide bonds. The average molecular weight is 483 g/mol. The Morgan fingerprint density at radius 3 is 1.62 bits per heavy atom. The zero-order valence-corrected chi connectivity index (χ0v) is 20.3. The lowest BCUT2D eigenvalue weighted by molar-refractivity contribution is -0.140. The van der Waals surface area contributed by atoms with Crippen LogP contribution in [-0.4, -0.2) is 63.6 Å². The molecule has 0 spiro atoms. The molecule has 2 N–H and O–H groups in total. The second-order valence-electron chi connectivity index (χ2n) is 8.47. The van der Waals surface area contributed by atoms with E-state index in [0.29, 0.717) is 43.3 Å². The molecule has 0 heterocycles. The van der Waals surface area contributed by atoms with Crippen molar-refractivity contribution in [2.75, 3.05) is 39.5 Å². The van der Waals surface area contributed by atoms with Gasteiger partial charge in [-0.05, 0) is 57.8 Å². The van der Waals surface area contributed by atoms with E-state index in [4.69, 9.17) is 18.9 Å². The molecule has 1 aliphatic rings. The molecule has 0 saturated heterocycles. The Morgan fingerprint density at radius 1 is 0.706 bits per heavy atom. The summed E-state index contributed by atoms with van der Waals surface area (Å²) in [6.45, 7) is 11.6. The van der Waals surface area contributed by atoms with E-state index >= 15 is 0 Å². The molecule has 10 heteroatoms. The molecule has 1 saturated carbocycles. The van der Waals surface area contributed by atoms with Gasteiger partial charge in [0.15, 0.2) is 0 Å². The minimum Gasteiger partial charge on any atom is -0.462 e. The molecule has 192 valence electrons. The van der Waals surface area contributed by atoms with Crippen LogP contribution in [0.1, 0.15) is 52.4 Å². The molecule has 2 unspecified atom stereocenters. The van der Waals surface area contributed by atoms with Gasteiger partial charge in [0.05, 0.1) is 13.2 Å². The van der Waals surface area contributed by atoms with Gasteiger partial charge in [0, 0.05) is 24.2 Å². The fraction of sp³-hybridized carbons (Fsp3) is 0.667. The average Bonchev–Trinajstić information content (AvgIpc) is 2.81. The van der Waals surface area contributed by atoms with E-state index in [2.05, 4.69) is 23.8 Å². The first-order valence-corrected chi connectivity index (χ1v) is 11.7. The van der Waals surface area contributed by atoms with Crippen LogP contribution in [0.25, 0.3) is 0 Å². The summed E-state index contributed by atoms with van der Waals surface area (Å²) in [5, 5.41) is 5.53. The van der Waals surface area contributed by atoms with E-state index < -0.39 is 24.1 Å². The van der Waals surface area contributed by atoms with E-state index in [1.165, 1.54) is 0 Å². The van der Waals surface area contributed by atoms with Crippen molar-refractivity contribution in [1.29, 1.82) is 0 Å². The number of alkyl carbamates (subject to hydrolysis) is 2. The Balaban J connectivity index is 2.10. The first kappa shape index (κ1) is 29.0. The molecule has 0 bridgehead atoms. The van der Waals surface area contributed by atoms with Gasteiger partial charge in [-0.3, -0.25) is 0 Å². The summed E-state index contributed by atoms with van der Waals surface area (Å²) in [5.41, 5.74) is 0.646. The van der Waals surface area contributed by atoms with Gasteiger partial charge in [0.2, 0.25) is 0 Å². The summed E-state index contributed by atoms with van der Waals surface area (Å²) in [5.74, 6) is -0.325. The Kier molecular flexibility index (Phi) is 14.1. The maximum atomic E-state index is 11.9. The summed E-state index contributed by atoms with van der Waals surface area (Å²) in [4.78, 5) is 46.2. The molecule has 0 aromatic carbocycles. The highest BCUT2D eigenvalue weighted by Crippen LogP contribution is 2.28. The number of carbonyl (C=O) groups excluding carboxylic acids is 4. The largest absolute Gasteiger partial charge is 0.462 e. The van der Waals surface area contributed by atoms with E-state index in [0.717, 1.165) is 25.7 Å². The SMILES string of the molecule is C=C(C)C(=O)OCCCCOC(=O)NCC1CCCC(CNC(=O)OCCOC(=O)C(=C)C)C1. The summed E-state index contributed by atoms with van der Waals surface area (Å²) >= 11 is 0. The molecule has 0 aliphatic heterocycles. The predicted molar refractivity (Wildman–Crippen MR) is 125 cm³/mol. The van der Waals surface area contributed by atoms with E-state index in [-0.39, 0.29) is 32.0 Å². The number of hydrogen-bond acceptors (Lipinski definition) is 8. The van der Waals surface area contributed by atoms with Crippen LogP contribution >= 0.6 is 0 Å². The van der Waals surface area contributed by atoms with Crippen molar-refractivity contribution in [2.45, 2.75) is 52.4 Å². The van der Waals surface area contributed by atoms with Crippen LogP contribution in [0, 0.1) is 11.8 Å². The van der Waals surface area contributed by atoms with Crippen LogP contribution in [0.15, 0.2) is 24.3 Å². The predicted octanol–water partition coefficient (Wildman–Crippen LogP) is 3.26. The van der Waals surface area contributed by atoms with Gasteiger partial charge in [0.25, 0.3) is 0 Å². The van der Waals surface area contributed by atoms with Crippen molar-refractivity contribution in [3.05, 3.63) is 24.3 Å². The lowest BCUT2D eigenvalue weighted by Gasteiger charge is -2.29. The number of ether oxygens (including phenoxy) is 4. The van der Waals surface area contributed by atoms with Crippen LogP contribution in [0.2, 0.25) is 0 Å². The normalized spacial score (nSPS) is 17.1. The fourth-order valence-corrected chi connectivity index (χ4v) is 3.38. The van der Waals surface area contributed by atoms with Gasteiger partial charge in [-0.25, -0.2) is 19.2 Å². The molecule has 1 aliphatic carbocycles. The topological polar surface area (TPSA) is 129 Å². The van der Waals surface area contributed by atoms with Crippen molar-refractivity contribution in [3.63, 3.8) is 0 Å². The Morgan fingerprint density at radius 2 is 1.12 bits per heavy atom. The maximum Gasteiger partial charge on any atom is 0.407 e. The third kappa shape index (κ3) is 13.5. The molecule has 1 rings (SSSR count). The molecular formula is C24H38N2O8. The first-order chi connectivity index (χ1) is 16.2. The van der Waals surface area contributed by atoms with E-state index in [9.17, 15) is 19.2 Å². The van der Waals surface area contributed by atoms with Gasteiger partial charge in [-0.15, -0.1) is 0 Å². The minimum absolute atomic E-state index is 0.0190. The number of hydrogen-bond donors (Lipinski definition) is 2. The van der Waals surface area contributed by atoms with Gasteiger partial charge in [-0.1, -0.05) is 19.6 Å². The molecule has 34 heavy (non-hydrogen) atoms. The van der Waals surface area contributed by atoms with Crippen molar-refractivity contribution in [2.24, 2.45) is 11.8 Å². The minimum atomic E-state index is -0.551. The number of nitrogens with one attached hydrogen (secondary N) is 2. The molecule has 0 aromatic heterocycles. The first-order valence-electron chi connectivity index (χ1n) is 11.7. The highest BCUT2D eigenvalue weighted by atomic mass is 16.6. The highest BCUT2D eigenvalue weighted by Gasteiger charge is 2.23. The molecule has 2 atom stereocenters. The smallest absolute Gasteiger partial charge is 0.407 e. The van der Waals surface area contributed by atoms with Crippen LogP contribution in [0.3, 0.4) is 0 Å². The van der Waals surface area contributed by atoms with Crippen molar-refractivity contribution >= 4 is 24.1 Å². The monoisotopic (exact) mass is 482 g/mol. The van der Waals surface area contributed by atoms with Gasteiger partial charge >= 0.3 is 24.1 Å². The second kappa shape index (κ2) is 16.6. The number of carbonyl (C=O) groups is 4. The lowest BCUT2D eigenvalue weighted by atomic mass is 9.81. The highest BCUT2D eigenvalue weighted by molar-refractivity contribution is 5.87. The van der Waals surface area contributed by atoms with Gasteiger partial charge in [-0.2, -0.15) is 0 Å². The summed E-state index contributed by atoms with van der Waals surface area (Å²) in [6, 6.07) is 0. The van der Waals surface area contributed by atoms with E-state index in [1.807, 2.05) is 0 Å². The zero-order valence-electron chi connectivity index (χ0n) is 20.3. The molecule has 10 nitrogen and oxygen atoms in total. The number of unbranched alkanes of at least 4 members (excludes halogenated alkanes) is 1. The van der Waals surface area contributed by atoms with Gasteiger partial charge in [0.1, 0.15) is 13.2 Å². The Labute approximate surface area is 201 Å². The Hall–Kier alpha value is -3.04.